The third-order valence-electron chi connectivity index (χ3n) is 4.30. The summed E-state index contributed by atoms with van der Waals surface area (Å²) in [7, 11) is 0. The van der Waals surface area contributed by atoms with Gasteiger partial charge in [-0.2, -0.15) is 0 Å². The lowest BCUT2D eigenvalue weighted by molar-refractivity contribution is 0.123. The average molecular weight is 399 g/mol. The van der Waals surface area contributed by atoms with E-state index in [1.807, 2.05) is 30.3 Å². The SMILES string of the molecule is CCC/C=C/COc1cnc(-c2ccc(OCCCCOCCCC)cc2)nc1. The van der Waals surface area contributed by atoms with Crippen LogP contribution in [0, 0.1) is 0 Å². The van der Waals surface area contributed by atoms with E-state index < -0.39 is 0 Å². The van der Waals surface area contributed by atoms with Crippen LogP contribution in [0.1, 0.15) is 52.4 Å². The quantitative estimate of drug-likeness (QED) is 0.278. The molecule has 5 heteroatoms. The summed E-state index contributed by atoms with van der Waals surface area (Å²) in [5, 5.41) is 0. The Morgan fingerprint density at radius 2 is 1.48 bits per heavy atom. The molecule has 0 atom stereocenters. The first kappa shape index (κ1) is 22.9. The van der Waals surface area contributed by atoms with Crippen LogP contribution in [0.3, 0.4) is 0 Å². The number of nitrogens with zero attached hydrogens (tertiary/aromatic N) is 2. The van der Waals surface area contributed by atoms with E-state index in [0.717, 1.165) is 56.6 Å². The maximum absolute atomic E-state index is 5.79. The lowest BCUT2D eigenvalue weighted by Gasteiger charge is -2.08. The van der Waals surface area contributed by atoms with Crippen molar-refractivity contribution in [2.75, 3.05) is 26.4 Å². The molecule has 0 N–H and O–H groups in total. The fraction of sp³-hybridized carbons (Fsp3) is 0.500. The van der Waals surface area contributed by atoms with E-state index in [0.29, 0.717) is 24.8 Å². The van der Waals surface area contributed by atoms with Crippen molar-refractivity contribution in [3.63, 3.8) is 0 Å². The summed E-state index contributed by atoms with van der Waals surface area (Å²) >= 11 is 0. The predicted octanol–water partition coefficient (Wildman–Crippen LogP) is 5.85. The largest absolute Gasteiger partial charge is 0.494 e. The molecule has 2 aromatic rings. The normalized spacial score (nSPS) is 11.1. The summed E-state index contributed by atoms with van der Waals surface area (Å²) < 4.78 is 17.0. The highest BCUT2D eigenvalue weighted by Crippen LogP contribution is 2.20. The number of allylic oxidation sites excluding steroid dienone is 1. The van der Waals surface area contributed by atoms with Crippen LogP contribution in [-0.2, 0) is 4.74 Å². The fourth-order valence-electron chi connectivity index (χ4n) is 2.58. The van der Waals surface area contributed by atoms with Gasteiger partial charge in [-0.05, 0) is 49.9 Å². The van der Waals surface area contributed by atoms with E-state index in [4.69, 9.17) is 14.2 Å². The van der Waals surface area contributed by atoms with Crippen molar-refractivity contribution in [1.82, 2.24) is 9.97 Å². The van der Waals surface area contributed by atoms with Crippen molar-refractivity contribution in [2.45, 2.75) is 52.4 Å². The number of hydrogen-bond acceptors (Lipinski definition) is 5. The molecule has 0 saturated carbocycles. The van der Waals surface area contributed by atoms with Crippen LogP contribution in [0.4, 0.5) is 0 Å². The molecule has 0 saturated heterocycles. The Balaban J connectivity index is 1.69. The molecular weight excluding hydrogens is 364 g/mol. The molecule has 0 radical (unpaired) electrons. The van der Waals surface area contributed by atoms with Crippen LogP contribution in [0.5, 0.6) is 11.5 Å². The monoisotopic (exact) mass is 398 g/mol. The van der Waals surface area contributed by atoms with E-state index in [1.165, 1.54) is 6.42 Å². The van der Waals surface area contributed by atoms with Gasteiger partial charge in [-0.25, -0.2) is 9.97 Å². The van der Waals surface area contributed by atoms with Crippen LogP contribution < -0.4 is 9.47 Å². The van der Waals surface area contributed by atoms with Gasteiger partial charge in [0, 0.05) is 18.8 Å². The van der Waals surface area contributed by atoms with Gasteiger partial charge in [0.25, 0.3) is 0 Å². The third-order valence-corrected chi connectivity index (χ3v) is 4.30. The Bertz CT molecular complexity index is 684. The van der Waals surface area contributed by atoms with Gasteiger partial charge in [0.05, 0.1) is 19.0 Å². The summed E-state index contributed by atoms with van der Waals surface area (Å²) in [6, 6.07) is 7.87. The molecule has 0 aliphatic heterocycles. The maximum atomic E-state index is 5.79. The molecule has 5 nitrogen and oxygen atoms in total. The second-order valence-corrected chi connectivity index (χ2v) is 6.86. The van der Waals surface area contributed by atoms with Gasteiger partial charge < -0.3 is 14.2 Å². The number of aromatic nitrogens is 2. The predicted molar refractivity (Wildman–Crippen MR) is 117 cm³/mol. The second kappa shape index (κ2) is 14.6. The summed E-state index contributed by atoms with van der Waals surface area (Å²) in [6.07, 6.45) is 14.1. The maximum Gasteiger partial charge on any atom is 0.159 e. The Labute approximate surface area is 175 Å². The first-order valence-electron chi connectivity index (χ1n) is 10.7. The van der Waals surface area contributed by atoms with Crippen molar-refractivity contribution >= 4 is 0 Å². The minimum absolute atomic E-state index is 0.541. The van der Waals surface area contributed by atoms with Gasteiger partial charge in [-0.15, -0.1) is 0 Å². The van der Waals surface area contributed by atoms with Crippen LogP contribution in [0.15, 0.2) is 48.8 Å². The smallest absolute Gasteiger partial charge is 0.159 e. The van der Waals surface area contributed by atoms with E-state index >= 15 is 0 Å². The zero-order valence-electron chi connectivity index (χ0n) is 17.8. The van der Waals surface area contributed by atoms with Crippen LogP contribution in [-0.4, -0.2) is 36.4 Å². The van der Waals surface area contributed by atoms with E-state index in [2.05, 4.69) is 29.9 Å². The summed E-state index contributed by atoms with van der Waals surface area (Å²) in [5.74, 6) is 2.21. The van der Waals surface area contributed by atoms with Gasteiger partial charge in [0.2, 0.25) is 0 Å². The molecule has 0 spiro atoms. The Hall–Kier alpha value is -2.40. The van der Waals surface area contributed by atoms with Crippen molar-refractivity contribution in [3.8, 4) is 22.9 Å². The van der Waals surface area contributed by atoms with Gasteiger partial charge in [-0.3, -0.25) is 0 Å². The van der Waals surface area contributed by atoms with Crippen molar-refractivity contribution < 1.29 is 14.2 Å². The topological polar surface area (TPSA) is 53.5 Å². The fourth-order valence-corrected chi connectivity index (χ4v) is 2.58. The first-order valence-corrected chi connectivity index (χ1v) is 10.7. The van der Waals surface area contributed by atoms with E-state index in [-0.39, 0.29) is 0 Å². The number of rotatable bonds is 15. The molecular formula is C24H34N2O3. The third kappa shape index (κ3) is 9.57. The molecule has 1 aromatic heterocycles. The van der Waals surface area contributed by atoms with Gasteiger partial charge in [0.15, 0.2) is 11.6 Å². The number of benzene rings is 1. The summed E-state index contributed by atoms with van der Waals surface area (Å²) in [5.41, 5.74) is 0.955. The minimum atomic E-state index is 0.541. The van der Waals surface area contributed by atoms with Crippen LogP contribution in [0.25, 0.3) is 11.4 Å². The van der Waals surface area contributed by atoms with E-state index in [1.54, 1.807) is 12.4 Å². The van der Waals surface area contributed by atoms with Gasteiger partial charge >= 0.3 is 0 Å². The highest BCUT2D eigenvalue weighted by atomic mass is 16.5. The van der Waals surface area contributed by atoms with Crippen LogP contribution in [0.2, 0.25) is 0 Å². The minimum Gasteiger partial charge on any atom is -0.494 e. The second-order valence-electron chi connectivity index (χ2n) is 6.86. The lowest BCUT2D eigenvalue weighted by Crippen LogP contribution is -2.01. The molecule has 1 aromatic carbocycles. The molecule has 158 valence electrons. The Morgan fingerprint density at radius 1 is 0.759 bits per heavy atom. The zero-order valence-corrected chi connectivity index (χ0v) is 17.8. The summed E-state index contributed by atoms with van der Waals surface area (Å²) in [4.78, 5) is 8.79. The molecule has 29 heavy (non-hydrogen) atoms. The molecule has 0 bridgehead atoms. The van der Waals surface area contributed by atoms with Crippen molar-refractivity contribution in [1.29, 1.82) is 0 Å². The highest BCUT2D eigenvalue weighted by molar-refractivity contribution is 5.56. The molecule has 0 unspecified atom stereocenters. The van der Waals surface area contributed by atoms with Crippen LogP contribution >= 0.6 is 0 Å². The Morgan fingerprint density at radius 3 is 2.21 bits per heavy atom. The van der Waals surface area contributed by atoms with E-state index in [9.17, 15) is 0 Å². The number of unbranched alkanes of at least 4 members (excludes halogenated alkanes) is 3. The molecule has 0 amide bonds. The lowest BCUT2D eigenvalue weighted by atomic mass is 10.2. The zero-order chi connectivity index (χ0) is 20.6. The average Bonchev–Trinajstić information content (AvgIpc) is 2.76. The first-order chi connectivity index (χ1) is 14.3. The van der Waals surface area contributed by atoms with Crippen molar-refractivity contribution in [3.05, 3.63) is 48.8 Å². The Kier molecular flexibility index (Phi) is 11.5. The number of hydrogen-bond donors (Lipinski definition) is 0. The molecule has 0 aliphatic carbocycles. The molecule has 0 fully saturated rings. The molecule has 2 rings (SSSR count). The van der Waals surface area contributed by atoms with Crippen molar-refractivity contribution in [2.24, 2.45) is 0 Å². The highest BCUT2D eigenvalue weighted by Gasteiger charge is 2.03. The van der Waals surface area contributed by atoms with Gasteiger partial charge in [0.1, 0.15) is 12.4 Å². The molecule has 0 aliphatic rings. The van der Waals surface area contributed by atoms with Gasteiger partial charge in [-0.1, -0.05) is 38.8 Å². The standard InChI is InChI=1S/C24H34N2O3/c1-3-5-7-8-17-29-23-19-25-24(26-20-23)21-11-13-22(14-12-21)28-18-10-9-16-27-15-6-4-2/h7-8,11-14,19-20H,3-6,9-10,15-18H2,1-2H3/b8-7+. The molecule has 1 heterocycles. The summed E-state index contributed by atoms with van der Waals surface area (Å²) in [6.45, 7) is 7.25. The number of ether oxygens (including phenoxy) is 3.